The number of rotatable bonds is 4. The van der Waals surface area contributed by atoms with Gasteiger partial charge in [0.2, 0.25) is 0 Å². The summed E-state index contributed by atoms with van der Waals surface area (Å²) in [6.07, 6.45) is 1.77. The molecule has 1 amide bonds. The largest absolute Gasteiger partial charge is 0.349 e. The van der Waals surface area contributed by atoms with Gasteiger partial charge >= 0.3 is 0 Å². The van der Waals surface area contributed by atoms with Crippen molar-refractivity contribution in [1.82, 2.24) is 9.88 Å². The molecule has 4 nitrogen and oxygen atoms in total. The molecule has 0 atom stereocenters. The third kappa shape index (κ3) is 4.62. The van der Waals surface area contributed by atoms with Gasteiger partial charge in [0, 0.05) is 50.2 Å². The molecular formula is C16H17N3OS. The van der Waals surface area contributed by atoms with Crippen molar-refractivity contribution >= 4 is 22.4 Å². The number of benzene rings is 1. The van der Waals surface area contributed by atoms with Crippen LogP contribution in [0.25, 0.3) is 0 Å². The average Bonchev–Trinajstić information content (AvgIpc) is 3.05. The van der Waals surface area contributed by atoms with E-state index in [9.17, 15) is 4.79 Å². The Bertz CT molecular complexity index is 629. The second kappa shape index (κ2) is 7.46. The fraction of sp³-hybridized carbons (Fsp3) is 0.250. The Labute approximate surface area is 129 Å². The minimum Gasteiger partial charge on any atom is -0.349 e. The standard InChI is InChI=1S/C16H17N3OS/c1-18(11-12-19(2)16-17-10-13-21-16)15(20)9-8-14-6-4-3-5-7-14/h3-7,10,13H,11-12H2,1-2H3. The van der Waals surface area contributed by atoms with Crippen LogP contribution in [0.4, 0.5) is 5.13 Å². The number of amides is 1. The lowest BCUT2D eigenvalue weighted by atomic mass is 10.2. The minimum absolute atomic E-state index is 0.175. The highest BCUT2D eigenvalue weighted by Crippen LogP contribution is 2.14. The molecular weight excluding hydrogens is 282 g/mol. The highest BCUT2D eigenvalue weighted by Gasteiger charge is 2.08. The molecule has 0 unspecified atom stereocenters. The van der Waals surface area contributed by atoms with Crippen LogP contribution >= 0.6 is 11.3 Å². The monoisotopic (exact) mass is 299 g/mol. The van der Waals surface area contributed by atoms with Crippen LogP contribution in [0.15, 0.2) is 41.9 Å². The fourth-order valence-electron chi connectivity index (χ4n) is 1.64. The molecule has 1 heterocycles. The lowest BCUT2D eigenvalue weighted by Crippen LogP contribution is -2.34. The number of hydrogen-bond donors (Lipinski definition) is 0. The van der Waals surface area contributed by atoms with Crippen LogP contribution in [-0.2, 0) is 4.79 Å². The molecule has 108 valence electrons. The van der Waals surface area contributed by atoms with E-state index < -0.39 is 0 Å². The number of likely N-dealkylation sites (N-methyl/N-ethyl adjacent to an activating group) is 2. The summed E-state index contributed by atoms with van der Waals surface area (Å²) < 4.78 is 0. The van der Waals surface area contributed by atoms with Gasteiger partial charge in [-0.15, -0.1) is 11.3 Å². The van der Waals surface area contributed by atoms with Crippen molar-refractivity contribution < 1.29 is 4.79 Å². The predicted octanol–water partition coefficient (Wildman–Crippen LogP) is 2.09. The maximum atomic E-state index is 11.9. The normalized spacial score (nSPS) is 9.62. The van der Waals surface area contributed by atoms with E-state index in [1.165, 1.54) is 0 Å². The van der Waals surface area contributed by atoms with Crippen LogP contribution in [0.3, 0.4) is 0 Å². The summed E-state index contributed by atoms with van der Waals surface area (Å²) in [5, 5.41) is 2.89. The maximum Gasteiger partial charge on any atom is 0.298 e. The molecule has 21 heavy (non-hydrogen) atoms. The summed E-state index contributed by atoms with van der Waals surface area (Å²) in [6.45, 7) is 1.33. The first-order valence-corrected chi connectivity index (χ1v) is 7.47. The topological polar surface area (TPSA) is 36.4 Å². The zero-order chi connectivity index (χ0) is 15.1. The van der Waals surface area contributed by atoms with Gasteiger partial charge in [0.15, 0.2) is 5.13 Å². The Kier molecular flexibility index (Phi) is 5.35. The number of anilines is 1. The van der Waals surface area contributed by atoms with Gasteiger partial charge in [-0.05, 0) is 12.1 Å². The van der Waals surface area contributed by atoms with Crippen molar-refractivity contribution in [2.45, 2.75) is 0 Å². The summed E-state index contributed by atoms with van der Waals surface area (Å²) in [4.78, 5) is 19.8. The van der Waals surface area contributed by atoms with Gasteiger partial charge in [-0.3, -0.25) is 4.79 Å². The molecule has 2 rings (SSSR count). The smallest absolute Gasteiger partial charge is 0.298 e. The first-order chi connectivity index (χ1) is 10.2. The van der Waals surface area contributed by atoms with Gasteiger partial charge in [-0.1, -0.05) is 24.1 Å². The van der Waals surface area contributed by atoms with E-state index in [2.05, 4.69) is 16.8 Å². The molecule has 5 heteroatoms. The lowest BCUT2D eigenvalue weighted by molar-refractivity contribution is -0.123. The van der Waals surface area contributed by atoms with Gasteiger partial charge < -0.3 is 9.80 Å². The quantitative estimate of drug-likeness (QED) is 0.811. The SMILES string of the molecule is CN(CCN(C)c1nccs1)C(=O)C#Cc1ccccc1. The van der Waals surface area contributed by atoms with Crippen LogP contribution in [0.2, 0.25) is 0 Å². The molecule has 0 bridgehead atoms. The van der Waals surface area contributed by atoms with E-state index in [0.717, 1.165) is 17.2 Å². The predicted molar refractivity (Wildman–Crippen MR) is 86.3 cm³/mol. The lowest BCUT2D eigenvalue weighted by Gasteiger charge is -2.20. The molecule has 1 aromatic heterocycles. The van der Waals surface area contributed by atoms with Crippen LogP contribution in [0.5, 0.6) is 0 Å². The van der Waals surface area contributed by atoms with E-state index in [0.29, 0.717) is 6.54 Å². The molecule has 0 aliphatic heterocycles. The van der Waals surface area contributed by atoms with Crippen molar-refractivity contribution in [3.8, 4) is 11.8 Å². The zero-order valence-corrected chi connectivity index (χ0v) is 12.9. The fourth-order valence-corrected chi connectivity index (χ4v) is 2.28. The molecule has 0 aliphatic rings. The Morgan fingerprint density at radius 2 is 2.00 bits per heavy atom. The zero-order valence-electron chi connectivity index (χ0n) is 12.1. The summed E-state index contributed by atoms with van der Waals surface area (Å²) in [6, 6.07) is 9.50. The summed E-state index contributed by atoms with van der Waals surface area (Å²) >= 11 is 1.58. The van der Waals surface area contributed by atoms with Crippen molar-refractivity contribution in [3.63, 3.8) is 0 Å². The molecule has 0 radical (unpaired) electrons. The van der Waals surface area contributed by atoms with Gasteiger partial charge in [-0.2, -0.15) is 0 Å². The number of carbonyl (C=O) groups is 1. The van der Waals surface area contributed by atoms with Gasteiger partial charge in [0.05, 0.1) is 0 Å². The van der Waals surface area contributed by atoms with E-state index >= 15 is 0 Å². The Balaban J connectivity index is 1.84. The van der Waals surface area contributed by atoms with Crippen LogP contribution in [0, 0.1) is 11.8 Å². The second-order valence-electron chi connectivity index (χ2n) is 4.58. The van der Waals surface area contributed by atoms with Gasteiger partial charge in [0.1, 0.15) is 0 Å². The van der Waals surface area contributed by atoms with E-state index in [4.69, 9.17) is 0 Å². The highest BCUT2D eigenvalue weighted by molar-refractivity contribution is 7.13. The maximum absolute atomic E-state index is 11.9. The second-order valence-corrected chi connectivity index (χ2v) is 5.45. The van der Waals surface area contributed by atoms with Gasteiger partial charge in [-0.25, -0.2) is 4.98 Å². The molecule has 0 saturated heterocycles. The number of hydrogen-bond acceptors (Lipinski definition) is 4. The van der Waals surface area contributed by atoms with Crippen LogP contribution in [0.1, 0.15) is 5.56 Å². The Morgan fingerprint density at radius 1 is 1.24 bits per heavy atom. The third-order valence-electron chi connectivity index (χ3n) is 2.95. The van der Waals surface area contributed by atoms with Crippen LogP contribution in [-0.4, -0.2) is 43.0 Å². The van der Waals surface area contributed by atoms with Crippen molar-refractivity contribution in [1.29, 1.82) is 0 Å². The minimum atomic E-state index is -0.175. The van der Waals surface area contributed by atoms with Crippen molar-refractivity contribution in [2.75, 3.05) is 32.1 Å². The molecule has 2 aromatic rings. The van der Waals surface area contributed by atoms with E-state index in [1.54, 1.807) is 29.5 Å². The molecule has 0 N–H and O–H groups in total. The molecule has 0 spiro atoms. The molecule has 1 aromatic carbocycles. The number of carbonyl (C=O) groups excluding carboxylic acids is 1. The van der Waals surface area contributed by atoms with Gasteiger partial charge in [0.25, 0.3) is 5.91 Å². The van der Waals surface area contributed by atoms with Crippen molar-refractivity contribution in [2.24, 2.45) is 0 Å². The Morgan fingerprint density at radius 3 is 2.67 bits per heavy atom. The van der Waals surface area contributed by atoms with E-state index in [1.807, 2.05) is 47.7 Å². The first-order valence-electron chi connectivity index (χ1n) is 6.59. The molecule has 0 fully saturated rings. The molecule has 0 aliphatic carbocycles. The number of nitrogens with zero attached hydrogens (tertiary/aromatic N) is 3. The average molecular weight is 299 g/mol. The summed E-state index contributed by atoms with van der Waals surface area (Å²) in [5.41, 5.74) is 0.846. The first kappa shape index (κ1) is 15.1. The molecule has 0 saturated carbocycles. The van der Waals surface area contributed by atoms with E-state index in [-0.39, 0.29) is 5.91 Å². The summed E-state index contributed by atoms with van der Waals surface area (Å²) in [7, 11) is 3.73. The van der Waals surface area contributed by atoms with Crippen LogP contribution < -0.4 is 4.90 Å². The number of aromatic nitrogens is 1. The van der Waals surface area contributed by atoms with Crippen molar-refractivity contribution in [3.05, 3.63) is 47.5 Å². The highest BCUT2D eigenvalue weighted by atomic mass is 32.1. The number of thiazole rings is 1. The Hall–Kier alpha value is -2.32. The summed E-state index contributed by atoms with van der Waals surface area (Å²) in [5.74, 6) is 5.36. The third-order valence-corrected chi connectivity index (χ3v) is 3.84.